The van der Waals surface area contributed by atoms with Crippen molar-refractivity contribution in [3.63, 3.8) is 0 Å². The van der Waals surface area contributed by atoms with Gasteiger partial charge in [0.2, 0.25) is 0 Å². The average molecular weight is 230 g/mol. The Labute approximate surface area is 93.1 Å². The molecule has 76 valence electrons. The molecule has 0 N–H and O–H groups in total. The number of anilines is 1. The molecular formula is C9H12ClN3S. The molecule has 0 saturated heterocycles. The molecule has 0 aliphatic heterocycles. The minimum absolute atomic E-state index is 0.308. The Bertz CT molecular complexity index is 355. The van der Waals surface area contributed by atoms with Crippen molar-refractivity contribution in [1.82, 2.24) is 4.37 Å². The van der Waals surface area contributed by atoms with Gasteiger partial charge in [-0.2, -0.15) is 9.64 Å². The van der Waals surface area contributed by atoms with Gasteiger partial charge in [-0.1, -0.05) is 18.5 Å². The number of rotatable bonds is 3. The molecule has 1 unspecified atom stereocenters. The molecule has 0 saturated carbocycles. The second-order valence-corrected chi connectivity index (χ2v) is 4.24. The molecule has 0 aliphatic rings. The number of halogens is 1. The van der Waals surface area contributed by atoms with Gasteiger partial charge in [0.15, 0.2) is 5.15 Å². The third-order valence-electron chi connectivity index (χ3n) is 2.32. The van der Waals surface area contributed by atoms with Gasteiger partial charge in [0.25, 0.3) is 0 Å². The molecule has 0 radical (unpaired) electrons. The smallest absolute Gasteiger partial charge is 0.162 e. The lowest BCUT2D eigenvalue weighted by atomic mass is 10.2. The summed E-state index contributed by atoms with van der Waals surface area (Å²) in [6.07, 6.45) is 1.02. The van der Waals surface area contributed by atoms with Crippen LogP contribution in [0, 0.1) is 11.3 Å². The highest BCUT2D eigenvalue weighted by atomic mass is 35.5. The normalized spacial score (nSPS) is 12.2. The van der Waals surface area contributed by atoms with E-state index in [9.17, 15) is 0 Å². The van der Waals surface area contributed by atoms with Crippen molar-refractivity contribution in [2.24, 2.45) is 0 Å². The SMILES string of the molecule is CCC(C)N(C)c1snc(Cl)c1C#N. The van der Waals surface area contributed by atoms with Gasteiger partial charge in [-0.05, 0) is 24.9 Å². The van der Waals surface area contributed by atoms with Crippen molar-refractivity contribution in [3.8, 4) is 6.07 Å². The van der Waals surface area contributed by atoms with E-state index in [0.717, 1.165) is 11.4 Å². The number of aromatic nitrogens is 1. The first-order valence-electron chi connectivity index (χ1n) is 4.39. The largest absolute Gasteiger partial charge is 0.361 e. The van der Waals surface area contributed by atoms with E-state index in [1.165, 1.54) is 11.5 Å². The molecule has 1 atom stereocenters. The zero-order chi connectivity index (χ0) is 10.7. The molecule has 3 nitrogen and oxygen atoms in total. The Morgan fingerprint density at radius 3 is 2.86 bits per heavy atom. The van der Waals surface area contributed by atoms with Gasteiger partial charge in [0.1, 0.15) is 16.6 Å². The van der Waals surface area contributed by atoms with Crippen molar-refractivity contribution in [1.29, 1.82) is 5.26 Å². The molecule has 0 aromatic carbocycles. The van der Waals surface area contributed by atoms with Crippen LogP contribution in [0.2, 0.25) is 5.15 Å². The van der Waals surface area contributed by atoms with Crippen LogP contribution in [-0.4, -0.2) is 17.5 Å². The molecule has 0 aliphatic carbocycles. The molecule has 5 heteroatoms. The summed E-state index contributed by atoms with van der Waals surface area (Å²) in [5, 5.41) is 10.1. The van der Waals surface area contributed by atoms with Crippen LogP contribution in [0.3, 0.4) is 0 Å². The summed E-state index contributed by atoms with van der Waals surface area (Å²) in [6, 6.07) is 2.47. The highest BCUT2D eigenvalue weighted by molar-refractivity contribution is 7.10. The zero-order valence-corrected chi connectivity index (χ0v) is 9.98. The monoisotopic (exact) mass is 229 g/mol. The van der Waals surface area contributed by atoms with E-state index in [-0.39, 0.29) is 0 Å². The van der Waals surface area contributed by atoms with E-state index in [1.807, 2.05) is 11.9 Å². The quantitative estimate of drug-likeness (QED) is 0.800. The number of nitrogens with zero attached hydrogens (tertiary/aromatic N) is 3. The first-order valence-corrected chi connectivity index (χ1v) is 5.55. The summed E-state index contributed by atoms with van der Waals surface area (Å²) in [5.41, 5.74) is 0.486. The first kappa shape index (κ1) is 11.3. The van der Waals surface area contributed by atoms with E-state index in [0.29, 0.717) is 16.8 Å². The molecular weight excluding hydrogens is 218 g/mol. The summed E-state index contributed by atoms with van der Waals surface area (Å²) in [6.45, 7) is 4.21. The maximum Gasteiger partial charge on any atom is 0.162 e. The van der Waals surface area contributed by atoms with Gasteiger partial charge < -0.3 is 4.90 Å². The Morgan fingerprint density at radius 2 is 2.36 bits per heavy atom. The predicted octanol–water partition coefficient (Wildman–Crippen LogP) is 2.90. The van der Waals surface area contributed by atoms with Crippen LogP contribution < -0.4 is 4.90 Å². The topological polar surface area (TPSA) is 39.9 Å². The van der Waals surface area contributed by atoms with Crippen LogP contribution in [0.25, 0.3) is 0 Å². The molecule has 0 amide bonds. The van der Waals surface area contributed by atoms with Gasteiger partial charge in [-0.25, -0.2) is 0 Å². The minimum atomic E-state index is 0.308. The van der Waals surface area contributed by atoms with Crippen molar-refractivity contribution in [2.45, 2.75) is 26.3 Å². The number of hydrogen-bond donors (Lipinski definition) is 0. The molecule has 1 aromatic rings. The van der Waals surface area contributed by atoms with Gasteiger partial charge in [0.05, 0.1) is 0 Å². The Morgan fingerprint density at radius 1 is 1.71 bits per heavy atom. The van der Waals surface area contributed by atoms with Crippen molar-refractivity contribution < 1.29 is 0 Å². The van der Waals surface area contributed by atoms with Crippen LogP contribution >= 0.6 is 23.1 Å². The van der Waals surface area contributed by atoms with Crippen LogP contribution in [0.1, 0.15) is 25.8 Å². The molecule has 1 aromatic heterocycles. The molecule has 0 spiro atoms. The summed E-state index contributed by atoms with van der Waals surface area (Å²) in [4.78, 5) is 2.04. The number of hydrogen-bond acceptors (Lipinski definition) is 4. The van der Waals surface area contributed by atoms with E-state index in [2.05, 4.69) is 24.3 Å². The predicted molar refractivity (Wildman–Crippen MR) is 60.0 cm³/mol. The fraction of sp³-hybridized carbons (Fsp3) is 0.556. The Kier molecular flexibility index (Phi) is 3.73. The Hall–Kier alpha value is -0.790. The van der Waals surface area contributed by atoms with E-state index in [1.54, 1.807) is 0 Å². The third-order valence-corrected chi connectivity index (χ3v) is 3.63. The lowest BCUT2D eigenvalue weighted by Crippen LogP contribution is -2.27. The highest BCUT2D eigenvalue weighted by Gasteiger charge is 2.18. The average Bonchev–Trinajstić information content (AvgIpc) is 2.57. The standard InChI is InChI=1S/C9H12ClN3S/c1-4-6(2)13(3)9-7(5-11)8(10)12-14-9/h6H,4H2,1-3H3. The molecule has 0 bridgehead atoms. The van der Waals surface area contributed by atoms with Gasteiger partial charge in [0, 0.05) is 13.1 Å². The van der Waals surface area contributed by atoms with E-state index < -0.39 is 0 Å². The summed E-state index contributed by atoms with van der Waals surface area (Å²) < 4.78 is 3.97. The van der Waals surface area contributed by atoms with Gasteiger partial charge >= 0.3 is 0 Å². The van der Waals surface area contributed by atoms with Crippen molar-refractivity contribution in [2.75, 3.05) is 11.9 Å². The maximum absolute atomic E-state index is 8.90. The van der Waals surface area contributed by atoms with Crippen LogP contribution in [0.4, 0.5) is 5.00 Å². The summed E-state index contributed by atoms with van der Waals surface area (Å²) in [5.74, 6) is 0. The first-order chi connectivity index (χ1) is 6.61. The second-order valence-electron chi connectivity index (χ2n) is 3.13. The molecule has 1 heterocycles. The fourth-order valence-corrected chi connectivity index (χ4v) is 2.16. The second kappa shape index (κ2) is 4.63. The zero-order valence-electron chi connectivity index (χ0n) is 8.41. The molecule has 14 heavy (non-hydrogen) atoms. The van der Waals surface area contributed by atoms with Crippen LogP contribution in [-0.2, 0) is 0 Å². The van der Waals surface area contributed by atoms with E-state index in [4.69, 9.17) is 16.9 Å². The van der Waals surface area contributed by atoms with E-state index >= 15 is 0 Å². The highest BCUT2D eigenvalue weighted by Crippen LogP contribution is 2.31. The lowest BCUT2D eigenvalue weighted by Gasteiger charge is -2.23. The van der Waals surface area contributed by atoms with Crippen molar-refractivity contribution >= 4 is 28.1 Å². The lowest BCUT2D eigenvalue weighted by molar-refractivity contribution is 0.667. The van der Waals surface area contributed by atoms with Gasteiger partial charge in [-0.3, -0.25) is 0 Å². The van der Waals surface area contributed by atoms with Gasteiger partial charge in [-0.15, -0.1) is 0 Å². The fourth-order valence-electron chi connectivity index (χ4n) is 1.07. The summed E-state index contributed by atoms with van der Waals surface area (Å²) >= 11 is 7.06. The van der Waals surface area contributed by atoms with Crippen LogP contribution in [0.5, 0.6) is 0 Å². The maximum atomic E-state index is 8.90. The number of nitriles is 1. The Balaban J connectivity index is 3.02. The van der Waals surface area contributed by atoms with Crippen molar-refractivity contribution in [3.05, 3.63) is 10.7 Å². The molecule has 0 fully saturated rings. The molecule has 1 rings (SSSR count). The summed E-state index contributed by atoms with van der Waals surface area (Å²) in [7, 11) is 1.96. The van der Waals surface area contributed by atoms with Crippen LogP contribution in [0.15, 0.2) is 0 Å². The third kappa shape index (κ3) is 1.99. The minimum Gasteiger partial charge on any atom is -0.361 e.